The summed E-state index contributed by atoms with van der Waals surface area (Å²) in [5.74, 6) is -2.03. The van der Waals surface area contributed by atoms with Crippen LogP contribution >= 0.6 is 11.6 Å². The average Bonchev–Trinajstić information content (AvgIpc) is 3.68. The highest BCUT2D eigenvalue weighted by Crippen LogP contribution is 2.57. The summed E-state index contributed by atoms with van der Waals surface area (Å²) in [7, 11) is -8.90. The first-order valence-corrected chi connectivity index (χ1v) is 16.2. The molecule has 0 saturated heterocycles. The number of ether oxygens (including phenoxy) is 1. The van der Waals surface area contributed by atoms with Gasteiger partial charge in [0.1, 0.15) is 5.54 Å². The Labute approximate surface area is 249 Å². The van der Waals surface area contributed by atoms with Gasteiger partial charge in [-0.2, -0.15) is 17.4 Å². The Hall–Kier alpha value is -3.49. The van der Waals surface area contributed by atoms with Crippen LogP contribution in [0.15, 0.2) is 83.8 Å². The largest absolute Gasteiger partial charge is 0.480 e. The highest BCUT2D eigenvalue weighted by Gasteiger charge is 2.67. The van der Waals surface area contributed by atoms with Crippen LogP contribution in [-0.2, 0) is 29.8 Å². The summed E-state index contributed by atoms with van der Waals surface area (Å²) in [6.45, 7) is 2.02. The number of carbonyl (C=O) groups excluding carboxylic acids is 1. The molecule has 1 fully saturated rings. The number of carboxylic acids is 1. The van der Waals surface area contributed by atoms with Gasteiger partial charge in [0.15, 0.2) is 0 Å². The number of nitrogens with zero attached hydrogens (tertiary/aromatic N) is 1. The van der Waals surface area contributed by atoms with E-state index < -0.39 is 62.9 Å². The molecule has 0 aliphatic heterocycles. The highest BCUT2D eigenvalue weighted by molar-refractivity contribution is 7.89. The van der Waals surface area contributed by atoms with Crippen molar-refractivity contribution in [3.63, 3.8) is 0 Å². The minimum absolute atomic E-state index is 0.0137. The first-order chi connectivity index (χ1) is 19.8. The zero-order chi connectivity index (χ0) is 30.7. The quantitative estimate of drug-likeness (QED) is 0.270. The Morgan fingerprint density at radius 1 is 0.976 bits per heavy atom. The Morgan fingerprint density at radius 2 is 1.55 bits per heavy atom. The number of carbonyl (C=O) groups is 2. The molecule has 0 bridgehead atoms. The van der Waals surface area contributed by atoms with E-state index in [0.29, 0.717) is 16.1 Å². The lowest BCUT2D eigenvalue weighted by molar-refractivity contribution is -0.143. The van der Waals surface area contributed by atoms with E-state index in [-0.39, 0.29) is 11.3 Å². The molecule has 2 atom stereocenters. The molecule has 0 radical (unpaired) electrons. The van der Waals surface area contributed by atoms with Gasteiger partial charge in [-0.15, -0.1) is 0 Å². The van der Waals surface area contributed by atoms with Crippen molar-refractivity contribution in [3.8, 4) is 11.1 Å². The Bertz CT molecular complexity index is 1650. The van der Waals surface area contributed by atoms with Crippen molar-refractivity contribution >= 4 is 43.9 Å². The van der Waals surface area contributed by atoms with Crippen LogP contribution in [0.2, 0.25) is 5.02 Å². The van der Waals surface area contributed by atoms with Crippen molar-refractivity contribution in [3.05, 3.63) is 89.4 Å². The fraction of sp³-hybridized carbons (Fsp3) is 0.286. The monoisotopic (exact) mass is 635 g/mol. The van der Waals surface area contributed by atoms with Crippen LogP contribution in [0.4, 0.5) is 4.79 Å². The maximum absolute atomic E-state index is 14.0. The summed E-state index contributed by atoms with van der Waals surface area (Å²) in [6.07, 6.45) is -1.80. The lowest BCUT2D eigenvalue weighted by Crippen LogP contribution is -2.52. The summed E-state index contributed by atoms with van der Waals surface area (Å²) in [4.78, 5) is 24.3. The van der Waals surface area contributed by atoms with Crippen LogP contribution in [0.5, 0.6) is 0 Å². The summed E-state index contributed by atoms with van der Waals surface area (Å²) in [6, 6.07) is 21.5. The summed E-state index contributed by atoms with van der Waals surface area (Å²) >= 11 is 5.96. The molecule has 3 aromatic carbocycles. The molecule has 1 amide bonds. The van der Waals surface area contributed by atoms with Gasteiger partial charge in [0.25, 0.3) is 0 Å². The van der Waals surface area contributed by atoms with Crippen LogP contribution in [0.3, 0.4) is 0 Å². The smallest absolute Gasteiger partial charge is 0.422 e. The van der Waals surface area contributed by atoms with E-state index in [2.05, 4.69) is 4.72 Å². The predicted molar refractivity (Wildman–Crippen MR) is 157 cm³/mol. The van der Waals surface area contributed by atoms with E-state index in [0.717, 1.165) is 9.87 Å². The molecule has 11 nitrogen and oxygen atoms in total. The third kappa shape index (κ3) is 6.93. The normalized spacial score (nSPS) is 18.5. The average molecular weight is 636 g/mol. The van der Waals surface area contributed by atoms with E-state index in [1.165, 1.54) is 26.0 Å². The Morgan fingerprint density at radius 3 is 2.10 bits per heavy atom. The van der Waals surface area contributed by atoms with Gasteiger partial charge in [-0.3, -0.25) is 4.79 Å². The molecule has 42 heavy (non-hydrogen) atoms. The minimum Gasteiger partial charge on any atom is -0.480 e. The third-order valence-corrected chi connectivity index (χ3v) is 9.96. The first kappa shape index (κ1) is 31.4. The molecule has 0 spiro atoms. The second kappa shape index (κ2) is 12.4. The number of benzene rings is 3. The molecule has 224 valence electrons. The van der Waals surface area contributed by atoms with Crippen molar-refractivity contribution in [1.29, 1.82) is 0 Å². The summed E-state index contributed by atoms with van der Waals surface area (Å²) in [5, 5.41) is 10.9. The molecule has 3 aromatic rings. The van der Waals surface area contributed by atoms with E-state index in [9.17, 15) is 31.5 Å². The van der Waals surface area contributed by atoms with Crippen molar-refractivity contribution in [2.45, 2.75) is 42.7 Å². The van der Waals surface area contributed by atoms with Gasteiger partial charge in [-0.25, -0.2) is 17.9 Å². The predicted octanol–water partition coefficient (Wildman–Crippen LogP) is 3.98. The maximum atomic E-state index is 14.0. The van der Waals surface area contributed by atoms with E-state index >= 15 is 0 Å². The molecular formula is C28H30ClN3O8S2. The number of rotatable bonds is 12. The van der Waals surface area contributed by atoms with E-state index in [1.54, 1.807) is 71.5 Å². The number of amides is 1. The first-order valence-electron chi connectivity index (χ1n) is 12.9. The van der Waals surface area contributed by atoms with Gasteiger partial charge in [-0.1, -0.05) is 66.2 Å². The molecule has 0 unspecified atom stereocenters. The lowest BCUT2D eigenvalue weighted by Gasteiger charge is -2.29. The molecule has 1 saturated carbocycles. The number of nitrogens with one attached hydrogen (secondary N) is 2. The van der Waals surface area contributed by atoms with Gasteiger partial charge in [0.05, 0.1) is 11.0 Å². The van der Waals surface area contributed by atoms with Gasteiger partial charge < -0.3 is 9.84 Å². The van der Waals surface area contributed by atoms with Gasteiger partial charge in [-0.05, 0) is 61.2 Å². The van der Waals surface area contributed by atoms with Crippen LogP contribution in [-0.4, -0.2) is 63.0 Å². The van der Waals surface area contributed by atoms with Crippen LogP contribution in [0, 0.1) is 0 Å². The standard InChI is InChI=1S/C28H30ClN3O8S2/c1-19(2)40-27(35)31-42(38,39)30-16-17-32(28(26(33)34)18-25(28)22-6-4-3-5-7-22)41(36,37)24-14-10-21(11-15-24)20-8-12-23(29)13-9-20/h3-15,19,25,30H,16-18H2,1-2H3,(H,31,35)(H,33,34)/t25-,28+/m0/s1. The van der Waals surface area contributed by atoms with E-state index in [1.807, 2.05) is 0 Å². The fourth-order valence-corrected chi connectivity index (χ4v) is 7.34. The molecular weight excluding hydrogens is 606 g/mol. The number of hydrogen-bond donors (Lipinski definition) is 3. The number of sulfonamides is 1. The molecule has 4 rings (SSSR count). The zero-order valence-corrected chi connectivity index (χ0v) is 25.1. The van der Waals surface area contributed by atoms with Crippen molar-refractivity contribution in [2.75, 3.05) is 13.1 Å². The fourth-order valence-electron chi connectivity index (χ4n) is 4.74. The molecule has 0 heterocycles. The Kier molecular flexibility index (Phi) is 9.28. The van der Waals surface area contributed by atoms with Gasteiger partial charge >= 0.3 is 22.3 Å². The zero-order valence-electron chi connectivity index (χ0n) is 22.7. The molecule has 0 aromatic heterocycles. The van der Waals surface area contributed by atoms with Crippen LogP contribution in [0.25, 0.3) is 11.1 Å². The topological polar surface area (TPSA) is 159 Å². The van der Waals surface area contributed by atoms with E-state index in [4.69, 9.17) is 16.3 Å². The van der Waals surface area contributed by atoms with Crippen LogP contribution < -0.4 is 9.44 Å². The van der Waals surface area contributed by atoms with Crippen LogP contribution in [0.1, 0.15) is 31.7 Å². The number of aliphatic carboxylic acids is 1. The molecule has 3 N–H and O–H groups in total. The Balaban J connectivity index is 1.64. The van der Waals surface area contributed by atoms with Crippen molar-refractivity contribution in [1.82, 2.24) is 13.7 Å². The van der Waals surface area contributed by atoms with Crippen molar-refractivity contribution in [2.24, 2.45) is 0 Å². The highest BCUT2D eigenvalue weighted by atomic mass is 35.5. The number of carboxylic acid groups (broad SMARTS) is 1. The number of hydrogen-bond acceptors (Lipinski definition) is 7. The van der Waals surface area contributed by atoms with Gasteiger partial charge in [0, 0.05) is 24.0 Å². The second-order valence-corrected chi connectivity index (χ2v) is 13.8. The second-order valence-electron chi connectivity index (χ2n) is 9.96. The number of halogens is 1. The molecule has 1 aliphatic carbocycles. The summed E-state index contributed by atoms with van der Waals surface area (Å²) < 4.78 is 62.2. The summed E-state index contributed by atoms with van der Waals surface area (Å²) in [5.41, 5.74) is 0.291. The third-order valence-electron chi connectivity index (χ3n) is 6.74. The van der Waals surface area contributed by atoms with Gasteiger partial charge in [0.2, 0.25) is 10.0 Å². The molecule has 14 heteroatoms. The van der Waals surface area contributed by atoms with Crippen molar-refractivity contribution < 1.29 is 36.3 Å². The SMILES string of the molecule is CC(C)OC(=O)NS(=O)(=O)NCCN([C@]1(C(=O)O)C[C@H]1c1ccccc1)S(=O)(=O)c1ccc(-c2ccc(Cl)cc2)cc1. The molecule has 1 aliphatic rings. The maximum Gasteiger partial charge on any atom is 0.422 e. The lowest BCUT2D eigenvalue weighted by atomic mass is 10.1. The minimum atomic E-state index is -4.46.